The number of aldehydes is 1. The highest BCUT2D eigenvalue weighted by molar-refractivity contribution is 6.07. The van der Waals surface area contributed by atoms with E-state index in [1.54, 1.807) is 40.7 Å². The zero-order chi connectivity index (χ0) is 47.0. The van der Waals surface area contributed by atoms with Crippen molar-refractivity contribution in [2.75, 3.05) is 4.90 Å². The fourth-order valence-electron chi connectivity index (χ4n) is 5.84. The molecule has 6 amide bonds. The molecule has 19 nitrogen and oxygen atoms in total. The van der Waals surface area contributed by atoms with Gasteiger partial charge >= 0.3 is 24.1 Å². The maximum Gasteiger partial charge on any atom is 0.391 e. The van der Waals surface area contributed by atoms with Crippen molar-refractivity contribution in [1.29, 1.82) is 0 Å². The molecule has 22 heteroatoms. The summed E-state index contributed by atoms with van der Waals surface area (Å²) in [7, 11) is 0. The average Bonchev–Trinajstić information content (AvgIpc) is 3.12. The number of aliphatic carboxylic acids is 3. The number of halogens is 3. The average molecular weight is 873 g/mol. The lowest BCUT2D eigenvalue weighted by atomic mass is 9.84. The number of hydrogen-bond donors (Lipinski definition) is 8. The van der Waals surface area contributed by atoms with E-state index in [-0.39, 0.29) is 24.3 Å². The van der Waals surface area contributed by atoms with Crippen LogP contribution in [-0.2, 0) is 47.9 Å². The third kappa shape index (κ3) is 18.4. The Hall–Kier alpha value is -6.09. The van der Waals surface area contributed by atoms with Gasteiger partial charge in [0.2, 0.25) is 29.5 Å². The molecule has 0 aliphatic heterocycles. The lowest BCUT2D eigenvalue weighted by Crippen LogP contribution is -2.66. The molecule has 1 rings (SSSR count). The van der Waals surface area contributed by atoms with Gasteiger partial charge < -0.3 is 46.7 Å². The Bertz CT molecular complexity index is 1770. The van der Waals surface area contributed by atoms with Gasteiger partial charge in [-0.25, -0.2) is 0 Å². The van der Waals surface area contributed by atoms with E-state index in [0.29, 0.717) is 0 Å². The van der Waals surface area contributed by atoms with Gasteiger partial charge in [-0.05, 0) is 50.2 Å². The molecule has 0 heterocycles. The summed E-state index contributed by atoms with van der Waals surface area (Å²) in [5, 5.41) is 39.2. The molecular weight excluding hydrogens is 817 g/mol. The van der Waals surface area contributed by atoms with Gasteiger partial charge in [0.05, 0.1) is 25.3 Å². The lowest BCUT2D eigenvalue weighted by Gasteiger charge is -2.41. The number of carboxylic acid groups (broad SMARTS) is 3. The molecule has 1 unspecified atom stereocenters. The van der Waals surface area contributed by atoms with Crippen LogP contribution in [0.4, 0.5) is 18.9 Å². The summed E-state index contributed by atoms with van der Waals surface area (Å²) in [4.78, 5) is 128. The summed E-state index contributed by atoms with van der Waals surface area (Å²) in [6.07, 6.45) is -10.3. The number of rotatable bonds is 24. The Morgan fingerprint density at radius 2 is 1.23 bits per heavy atom. The van der Waals surface area contributed by atoms with Crippen LogP contribution in [0.25, 0.3) is 0 Å². The molecule has 1 aromatic rings. The Morgan fingerprint density at radius 1 is 0.689 bits per heavy atom. The number of anilines is 1. The van der Waals surface area contributed by atoms with Crippen molar-refractivity contribution in [2.24, 2.45) is 11.3 Å². The summed E-state index contributed by atoms with van der Waals surface area (Å²) in [6.45, 7) is 10.5. The molecule has 0 bridgehead atoms. The van der Waals surface area contributed by atoms with Crippen molar-refractivity contribution in [1.82, 2.24) is 26.6 Å². The number of nitrogens with zero attached hydrogens (tertiary/aromatic N) is 1. The van der Waals surface area contributed by atoms with Crippen LogP contribution in [0, 0.1) is 11.3 Å². The van der Waals surface area contributed by atoms with Crippen LogP contribution in [0.5, 0.6) is 0 Å². The number of benzene rings is 1. The zero-order valence-electron chi connectivity index (χ0n) is 34.9. The first kappa shape index (κ1) is 52.9. The molecule has 0 saturated carbocycles. The van der Waals surface area contributed by atoms with Crippen LogP contribution >= 0.6 is 0 Å². The second-order valence-corrected chi connectivity index (χ2v) is 16.2. The van der Waals surface area contributed by atoms with E-state index in [0.717, 1.165) is 4.90 Å². The van der Waals surface area contributed by atoms with Gasteiger partial charge in [-0.1, -0.05) is 52.8 Å². The normalized spacial score (nSPS) is 14.2. The molecule has 0 aliphatic rings. The molecule has 1 aromatic carbocycles. The summed E-state index contributed by atoms with van der Waals surface area (Å²) in [5.41, 5.74) is -3.15. The number of carbonyl (C=O) groups is 10. The molecule has 0 saturated heterocycles. The van der Waals surface area contributed by atoms with Crippen LogP contribution in [0.15, 0.2) is 30.3 Å². The number of carbonyl (C=O) groups excluding carboxylic acids is 7. The molecule has 0 aliphatic carbocycles. The summed E-state index contributed by atoms with van der Waals surface area (Å²) >= 11 is 0. The standard InChI is InChI=1S/C39H55F3N6O13/c1-21(2)17-25(32(57)43-22(20-49)19-39(40,41)42)46-34(59)31(37(3,4)5)47-36(61)38(6,7)48(23-11-9-8-10-12-23)35(60)24(13-15-28(51)52)45-33(58)26(18-30(55)56)44-27(50)14-16-29(53)54/h8-12,20-22,24-26,31H,13-19H2,1-7H3,(H,43,57)(H,44,50)(H,45,58)(H,46,59)(H,47,61)(H,51,52)(H,53,54)(H,55,56)/t22?,24-,25-,26-,31+/m0/s1. The number of hydrogen-bond acceptors (Lipinski definition) is 10. The number of alkyl halides is 3. The number of para-hydroxylation sites is 1. The van der Waals surface area contributed by atoms with Crippen molar-refractivity contribution >= 4 is 65.3 Å². The van der Waals surface area contributed by atoms with E-state index < -0.39 is 139 Å². The van der Waals surface area contributed by atoms with Crippen LogP contribution < -0.4 is 31.5 Å². The minimum absolute atomic E-state index is 0.0281. The van der Waals surface area contributed by atoms with E-state index >= 15 is 0 Å². The Morgan fingerprint density at radius 3 is 1.70 bits per heavy atom. The third-order valence-corrected chi connectivity index (χ3v) is 8.89. The summed E-state index contributed by atoms with van der Waals surface area (Å²) in [6, 6.07) is -1.25. The molecular formula is C39H55F3N6O13. The third-order valence-electron chi connectivity index (χ3n) is 8.89. The fraction of sp³-hybridized carbons (Fsp3) is 0.590. The highest BCUT2D eigenvalue weighted by atomic mass is 19.4. The van der Waals surface area contributed by atoms with Gasteiger partial charge in [0.25, 0.3) is 5.91 Å². The first-order chi connectivity index (χ1) is 28.0. The minimum atomic E-state index is -4.80. The Kier molecular flexibility index (Phi) is 20.0. The number of amides is 6. The van der Waals surface area contributed by atoms with Crippen molar-refractivity contribution < 1.29 is 76.4 Å². The molecule has 0 spiro atoms. The van der Waals surface area contributed by atoms with Crippen LogP contribution in [0.2, 0.25) is 0 Å². The van der Waals surface area contributed by atoms with Crippen molar-refractivity contribution in [3.8, 4) is 0 Å². The first-order valence-corrected chi connectivity index (χ1v) is 19.1. The summed E-state index contributed by atoms with van der Waals surface area (Å²) < 4.78 is 39.1. The maximum absolute atomic E-state index is 14.6. The lowest BCUT2D eigenvalue weighted by molar-refractivity contribution is -0.147. The fourth-order valence-corrected chi connectivity index (χ4v) is 5.84. The van der Waals surface area contributed by atoms with Crippen LogP contribution in [0.3, 0.4) is 0 Å². The predicted molar refractivity (Wildman–Crippen MR) is 209 cm³/mol. The second-order valence-electron chi connectivity index (χ2n) is 16.2. The van der Waals surface area contributed by atoms with Crippen molar-refractivity contribution in [3.63, 3.8) is 0 Å². The van der Waals surface area contributed by atoms with Crippen LogP contribution in [-0.4, -0.2) is 117 Å². The van der Waals surface area contributed by atoms with Gasteiger partial charge in [-0.15, -0.1) is 0 Å². The second kappa shape index (κ2) is 23.1. The Balaban J connectivity index is 3.67. The Labute approximate surface area is 349 Å². The molecule has 0 aromatic heterocycles. The molecule has 0 radical (unpaired) electrons. The van der Waals surface area contributed by atoms with Crippen molar-refractivity contribution in [2.45, 2.75) is 135 Å². The smallest absolute Gasteiger partial charge is 0.391 e. The molecule has 8 N–H and O–H groups in total. The molecule has 0 fully saturated rings. The monoisotopic (exact) mass is 872 g/mol. The van der Waals surface area contributed by atoms with Gasteiger partial charge in [0.15, 0.2) is 0 Å². The summed E-state index contributed by atoms with van der Waals surface area (Å²) in [5.74, 6) is -11.1. The van der Waals surface area contributed by atoms with E-state index in [1.165, 1.54) is 38.1 Å². The topological polar surface area (TPSA) is 295 Å². The van der Waals surface area contributed by atoms with Gasteiger partial charge in [0, 0.05) is 18.5 Å². The van der Waals surface area contributed by atoms with E-state index in [2.05, 4.69) is 21.3 Å². The van der Waals surface area contributed by atoms with E-state index in [1.807, 2.05) is 5.32 Å². The highest BCUT2D eigenvalue weighted by Crippen LogP contribution is 2.28. The first-order valence-electron chi connectivity index (χ1n) is 19.1. The van der Waals surface area contributed by atoms with E-state index in [9.17, 15) is 71.3 Å². The SMILES string of the molecule is CC(C)C[C@H](NC(=O)[C@@H](NC(=O)C(C)(C)N(C(=O)[C@H](CCC(=O)O)NC(=O)[C@H](CC(=O)O)NC(=O)CCC(=O)O)c1ccccc1)C(C)(C)C)C(=O)NC(C=O)CC(F)(F)F. The largest absolute Gasteiger partial charge is 0.481 e. The van der Waals surface area contributed by atoms with Gasteiger partial charge in [-0.3, -0.25) is 48.1 Å². The van der Waals surface area contributed by atoms with Crippen LogP contribution in [0.1, 0.15) is 93.4 Å². The highest BCUT2D eigenvalue weighted by Gasteiger charge is 2.45. The van der Waals surface area contributed by atoms with Gasteiger partial charge in [-0.2, -0.15) is 13.2 Å². The number of carboxylic acids is 3. The minimum Gasteiger partial charge on any atom is -0.481 e. The molecule has 340 valence electrons. The number of nitrogens with one attached hydrogen (secondary N) is 5. The maximum atomic E-state index is 14.6. The molecule has 5 atom stereocenters. The van der Waals surface area contributed by atoms with Gasteiger partial charge in [0.1, 0.15) is 36.0 Å². The quantitative estimate of drug-likeness (QED) is 0.0687. The zero-order valence-corrected chi connectivity index (χ0v) is 34.9. The van der Waals surface area contributed by atoms with E-state index in [4.69, 9.17) is 5.11 Å². The molecule has 61 heavy (non-hydrogen) atoms. The van der Waals surface area contributed by atoms with Crippen molar-refractivity contribution in [3.05, 3.63) is 30.3 Å². The predicted octanol–water partition coefficient (Wildman–Crippen LogP) is 1.67.